The molecule has 2 heterocycles. The summed E-state index contributed by atoms with van der Waals surface area (Å²) in [5.74, 6) is 0.676. The van der Waals surface area contributed by atoms with Crippen LogP contribution in [0.1, 0.15) is 45.9 Å². The zero-order chi connectivity index (χ0) is 12.3. The van der Waals surface area contributed by atoms with Crippen LogP contribution in [-0.2, 0) is 6.54 Å². The standard InChI is InChI=1S/C12H22N4O/c1-4-10-6-5-7-16(10)12-15-14-11(17-12)8-13-9(2)3/h9-10,13H,4-8H2,1-3H3. The quantitative estimate of drug-likeness (QED) is 0.849. The molecule has 1 atom stereocenters. The van der Waals surface area contributed by atoms with E-state index in [1.54, 1.807) is 0 Å². The van der Waals surface area contributed by atoms with Crippen molar-refractivity contribution in [1.29, 1.82) is 0 Å². The largest absolute Gasteiger partial charge is 0.407 e. The summed E-state index contributed by atoms with van der Waals surface area (Å²) in [4.78, 5) is 2.24. The van der Waals surface area contributed by atoms with E-state index in [0.717, 1.165) is 13.0 Å². The van der Waals surface area contributed by atoms with Gasteiger partial charge in [0.25, 0.3) is 0 Å². The third-order valence-corrected chi connectivity index (χ3v) is 3.21. The molecule has 0 aliphatic carbocycles. The highest BCUT2D eigenvalue weighted by atomic mass is 16.4. The van der Waals surface area contributed by atoms with E-state index in [9.17, 15) is 0 Å². The molecule has 96 valence electrons. The summed E-state index contributed by atoms with van der Waals surface area (Å²) in [6, 6.07) is 1.69. The molecule has 0 bridgehead atoms. The van der Waals surface area contributed by atoms with Gasteiger partial charge in [-0.25, -0.2) is 0 Å². The lowest BCUT2D eigenvalue weighted by Gasteiger charge is -2.20. The number of nitrogens with zero attached hydrogens (tertiary/aromatic N) is 3. The molecule has 0 spiro atoms. The molecule has 0 saturated carbocycles. The molecule has 0 amide bonds. The third kappa shape index (κ3) is 2.97. The van der Waals surface area contributed by atoms with E-state index < -0.39 is 0 Å². The molecule has 1 aromatic rings. The Bertz CT molecular complexity index is 350. The van der Waals surface area contributed by atoms with Gasteiger partial charge in [0.05, 0.1) is 6.54 Å². The molecule has 5 nitrogen and oxygen atoms in total. The van der Waals surface area contributed by atoms with Crippen molar-refractivity contribution < 1.29 is 4.42 Å². The number of rotatable bonds is 5. The predicted molar refractivity (Wildman–Crippen MR) is 66.9 cm³/mol. The van der Waals surface area contributed by atoms with Crippen LogP contribution in [0.15, 0.2) is 4.42 Å². The molecular weight excluding hydrogens is 216 g/mol. The number of hydrogen-bond donors (Lipinski definition) is 1. The Morgan fingerprint density at radius 1 is 1.47 bits per heavy atom. The number of hydrogen-bond acceptors (Lipinski definition) is 5. The van der Waals surface area contributed by atoms with Gasteiger partial charge in [0, 0.05) is 18.6 Å². The van der Waals surface area contributed by atoms with E-state index in [4.69, 9.17) is 4.42 Å². The second-order valence-corrected chi connectivity index (χ2v) is 4.91. The Morgan fingerprint density at radius 2 is 2.29 bits per heavy atom. The smallest absolute Gasteiger partial charge is 0.318 e. The molecule has 1 aliphatic heterocycles. The highest BCUT2D eigenvalue weighted by molar-refractivity contribution is 5.28. The molecule has 0 aromatic carbocycles. The van der Waals surface area contributed by atoms with E-state index in [1.807, 2.05) is 0 Å². The highest BCUT2D eigenvalue weighted by Crippen LogP contribution is 2.25. The summed E-state index contributed by atoms with van der Waals surface area (Å²) < 4.78 is 5.69. The van der Waals surface area contributed by atoms with Crippen LogP contribution in [-0.4, -0.2) is 28.8 Å². The van der Waals surface area contributed by atoms with Crippen molar-refractivity contribution in [2.24, 2.45) is 0 Å². The fourth-order valence-electron chi connectivity index (χ4n) is 2.24. The summed E-state index contributed by atoms with van der Waals surface area (Å²) in [6.07, 6.45) is 3.60. The minimum atomic E-state index is 0.431. The van der Waals surface area contributed by atoms with Gasteiger partial charge in [-0.15, -0.1) is 5.10 Å². The van der Waals surface area contributed by atoms with Crippen LogP contribution in [0.4, 0.5) is 6.01 Å². The minimum absolute atomic E-state index is 0.431. The molecule has 1 aliphatic rings. The van der Waals surface area contributed by atoms with Gasteiger partial charge in [0.1, 0.15) is 0 Å². The Morgan fingerprint density at radius 3 is 3.00 bits per heavy atom. The van der Waals surface area contributed by atoms with Gasteiger partial charge >= 0.3 is 6.01 Å². The van der Waals surface area contributed by atoms with Crippen molar-refractivity contribution in [2.45, 2.75) is 58.7 Å². The molecule has 1 unspecified atom stereocenters. The van der Waals surface area contributed by atoms with E-state index >= 15 is 0 Å². The molecule has 1 fully saturated rings. The lowest BCUT2D eigenvalue weighted by molar-refractivity contribution is 0.441. The van der Waals surface area contributed by atoms with Crippen LogP contribution in [0.3, 0.4) is 0 Å². The summed E-state index contributed by atoms with van der Waals surface area (Å²) >= 11 is 0. The van der Waals surface area contributed by atoms with Gasteiger partial charge in [0.2, 0.25) is 5.89 Å². The number of nitrogens with one attached hydrogen (secondary N) is 1. The monoisotopic (exact) mass is 238 g/mol. The fraction of sp³-hybridized carbons (Fsp3) is 0.833. The molecule has 1 N–H and O–H groups in total. The second-order valence-electron chi connectivity index (χ2n) is 4.91. The second kappa shape index (κ2) is 5.49. The lowest BCUT2D eigenvalue weighted by atomic mass is 10.2. The zero-order valence-electron chi connectivity index (χ0n) is 10.9. The molecule has 17 heavy (non-hydrogen) atoms. The fourth-order valence-corrected chi connectivity index (χ4v) is 2.24. The van der Waals surface area contributed by atoms with Crippen molar-refractivity contribution in [3.05, 3.63) is 5.89 Å². The first kappa shape index (κ1) is 12.4. The average Bonchev–Trinajstić information content (AvgIpc) is 2.94. The van der Waals surface area contributed by atoms with Crippen molar-refractivity contribution in [3.8, 4) is 0 Å². The first-order valence-corrected chi connectivity index (χ1v) is 6.53. The van der Waals surface area contributed by atoms with E-state index in [0.29, 0.717) is 30.5 Å². The predicted octanol–water partition coefficient (Wildman–Crippen LogP) is 1.95. The molecule has 0 radical (unpaired) electrons. The molecule has 5 heteroatoms. The maximum absolute atomic E-state index is 5.69. The lowest BCUT2D eigenvalue weighted by Crippen LogP contribution is -2.28. The van der Waals surface area contributed by atoms with Gasteiger partial charge in [0.15, 0.2) is 0 Å². The summed E-state index contributed by atoms with van der Waals surface area (Å²) in [5.41, 5.74) is 0. The minimum Gasteiger partial charge on any atom is -0.407 e. The Labute approximate surface area is 103 Å². The summed E-state index contributed by atoms with van der Waals surface area (Å²) in [6.45, 7) is 8.10. The molecule has 1 aromatic heterocycles. The van der Waals surface area contributed by atoms with E-state index in [1.165, 1.54) is 12.8 Å². The summed E-state index contributed by atoms with van der Waals surface area (Å²) in [5, 5.41) is 11.5. The van der Waals surface area contributed by atoms with Gasteiger partial charge < -0.3 is 14.6 Å². The van der Waals surface area contributed by atoms with Crippen molar-refractivity contribution in [2.75, 3.05) is 11.4 Å². The summed E-state index contributed by atoms with van der Waals surface area (Å²) in [7, 11) is 0. The van der Waals surface area contributed by atoms with Crippen LogP contribution in [0.25, 0.3) is 0 Å². The van der Waals surface area contributed by atoms with E-state index in [-0.39, 0.29) is 0 Å². The van der Waals surface area contributed by atoms with Crippen LogP contribution in [0.2, 0.25) is 0 Å². The molecular formula is C12H22N4O. The first-order valence-electron chi connectivity index (χ1n) is 6.53. The first-order chi connectivity index (χ1) is 8.20. The number of anilines is 1. The topological polar surface area (TPSA) is 54.2 Å². The van der Waals surface area contributed by atoms with Crippen molar-refractivity contribution >= 4 is 6.01 Å². The Kier molecular flexibility index (Phi) is 3.99. The Balaban J connectivity index is 1.97. The molecule has 1 saturated heterocycles. The average molecular weight is 238 g/mol. The van der Waals surface area contributed by atoms with Crippen molar-refractivity contribution in [1.82, 2.24) is 15.5 Å². The van der Waals surface area contributed by atoms with Gasteiger partial charge in [-0.05, 0) is 19.3 Å². The number of aromatic nitrogens is 2. The SMILES string of the molecule is CCC1CCCN1c1nnc(CNC(C)C)o1. The highest BCUT2D eigenvalue weighted by Gasteiger charge is 2.27. The molecule has 2 rings (SSSR count). The van der Waals surface area contributed by atoms with Crippen LogP contribution >= 0.6 is 0 Å². The van der Waals surface area contributed by atoms with Gasteiger partial charge in [-0.3, -0.25) is 0 Å². The maximum atomic E-state index is 5.69. The zero-order valence-corrected chi connectivity index (χ0v) is 10.9. The van der Waals surface area contributed by atoms with Crippen molar-refractivity contribution in [3.63, 3.8) is 0 Å². The Hall–Kier alpha value is -1.10. The maximum Gasteiger partial charge on any atom is 0.318 e. The van der Waals surface area contributed by atoms with Gasteiger partial charge in [-0.1, -0.05) is 25.9 Å². The van der Waals surface area contributed by atoms with Crippen LogP contribution in [0.5, 0.6) is 0 Å². The van der Waals surface area contributed by atoms with Crippen LogP contribution < -0.4 is 10.2 Å². The third-order valence-electron chi connectivity index (χ3n) is 3.21. The van der Waals surface area contributed by atoms with Gasteiger partial charge in [-0.2, -0.15) is 0 Å². The van der Waals surface area contributed by atoms with E-state index in [2.05, 4.69) is 41.2 Å². The van der Waals surface area contributed by atoms with Crippen LogP contribution in [0, 0.1) is 0 Å². The normalized spacial score (nSPS) is 20.5.